The van der Waals surface area contributed by atoms with Crippen LogP contribution in [-0.2, 0) is 0 Å². The Balaban J connectivity index is 1.41. The SMILES string of the molecule is Cc1ccccc1NC(=O)c1ccc(N=Cc2cccc(Oc3ccccc3)c2)cc1. The molecule has 0 aliphatic carbocycles. The van der Waals surface area contributed by atoms with Crippen LogP contribution in [-0.4, -0.2) is 12.1 Å². The Hall–Kier alpha value is -4.18. The van der Waals surface area contributed by atoms with E-state index < -0.39 is 0 Å². The number of amides is 1. The smallest absolute Gasteiger partial charge is 0.255 e. The summed E-state index contributed by atoms with van der Waals surface area (Å²) in [6.45, 7) is 1.97. The third kappa shape index (κ3) is 5.46. The first-order valence-electron chi connectivity index (χ1n) is 10.0. The fraction of sp³-hybridized carbons (Fsp3) is 0.0370. The van der Waals surface area contributed by atoms with Crippen LogP contribution < -0.4 is 10.1 Å². The van der Waals surface area contributed by atoms with Crippen molar-refractivity contribution in [2.75, 3.05) is 5.32 Å². The van der Waals surface area contributed by atoms with Gasteiger partial charge in [-0.3, -0.25) is 9.79 Å². The number of para-hydroxylation sites is 2. The van der Waals surface area contributed by atoms with Gasteiger partial charge in [0.1, 0.15) is 11.5 Å². The summed E-state index contributed by atoms with van der Waals surface area (Å²) in [6.07, 6.45) is 1.78. The molecular weight excluding hydrogens is 384 g/mol. The number of nitrogens with zero attached hydrogens (tertiary/aromatic N) is 1. The monoisotopic (exact) mass is 406 g/mol. The minimum atomic E-state index is -0.143. The van der Waals surface area contributed by atoms with Gasteiger partial charge < -0.3 is 10.1 Å². The van der Waals surface area contributed by atoms with Crippen molar-refractivity contribution < 1.29 is 9.53 Å². The van der Waals surface area contributed by atoms with Crippen molar-refractivity contribution in [1.82, 2.24) is 0 Å². The molecule has 0 aliphatic heterocycles. The molecule has 152 valence electrons. The topological polar surface area (TPSA) is 50.7 Å². The van der Waals surface area contributed by atoms with Gasteiger partial charge in [-0.1, -0.05) is 48.5 Å². The van der Waals surface area contributed by atoms with Crippen LogP contribution in [0.15, 0.2) is 108 Å². The summed E-state index contributed by atoms with van der Waals surface area (Å²) in [5.74, 6) is 1.39. The molecule has 4 rings (SSSR count). The Kier molecular flexibility index (Phi) is 6.19. The highest BCUT2D eigenvalue weighted by Gasteiger charge is 2.07. The molecular formula is C27H22N2O2. The van der Waals surface area contributed by atoms with Crippen molar-refractivity contribution in [3.63, 3.8) is 0 Å². The van der Waals surface area contributed by atoms with Crippen LogP contribution in [0.3, 0.4) is 0 Å². The van der Waals surface area contributed by atoms with Crippen LogP contribution >= 0.6 is 0 Å². The van der Waals surface area contributed by atoms with Crippen LogP contribution in [0.5, 0.6) is 11.5 Å². The molecule has 0 fully saturated rings. The standard InChI is InChI=1S/C27H22N2O2/c1-20-8-5-6-13-26(20)29-27(30)22-14-16-23(17-15-22)28-19-21-9-7-12-25(18-21)31-24-10-3-2-4-11-24/h2-19H,1H3,(H,29,30). The van der Waals surface area contributed by atoms with Crippen molar-refractivity contribution >= 4 is 23.5 Å². The molecule has 4 aromatic carbocycles. The van der Waals surface area contributed by atoms with Crippen molar-refractivity contribution in [2.45, 2.75) is 6.92 Å². The second-order valence-electron chi connectivity index (χ2n) is 7.06. The van der Waals surface area contributed by atoms with Gasteiger partial charge in [0.25, 0.3) is 5.91 Å². The summed E-state index contributed by atoms with van der Waals surface area (Å²) in [5, 5.41) is 2.94. The zero-order valence-electron chi connectivity index (χ0n) is 17.2. The maximum absolute atomic E-state index is 12.5. The zero-order chi connectivity index (χ0) is 21.5. The first kappa shape index (κ1) is 20.1. The minimum Gasteiger partial charge on any atom is -0.457 e. The highest BCUT2D eigenvalue weighted by molar-refractivity contribution is 6.04. The van der Waals surface area contributed by atoms with Gasteiger partial charge in [-0.2, -0.15) is 0 Å². The van der Waals surface area contributed by atoms with Crippen LogP contribution in [0.1, 0.15) is 21.5 Å². The number of rotatable bonds is 6. The number of aryl methyl sites for hydroxylation is 1. The van der Waals surface area contributed by atoms with Crippen LogP contribution in [0.25, 0.3) is 0 Å². The maximum atomic E-state index is 12.5. The summed E-state index contributed by atoms with van der Waals surface area (Å²) >= 11 is 0. The van der Waals surface area contributed by atoms with Crippen molar-refractivity contribution in [1.29, 1.82) is 0 Å². The molecule has 4 nitrogen and oxygen atoms in total. The van der Waals surface area contributed by atoms with Crippen molar-refractivity contribution in [3.05, 3.63) is 120 Å². The Morgan fingerprint density at radius 3 is 2.29 bits per heavy atom. The summed E-state index contributed by atoms with van der Waals surface area (Å²) in [7, 11) is 0. The van der Waals surface area contributed by atoms with Gasteiger partial charge in [0, 0.05) is 17.5 Å². The van der Waals surface area contributed by atoms with E-state index in [4.69, 9.17) is 4.74 Å². The van der Waals surface area contributed by atoms with Gasteiger partial charge >= 0.3 is 0 Å². The predicted octanol–water partition coefficient (Wildman–Crippen LogP) is 6.79. The number of benzene rings is 4. The molecule has 0 atom stereocenters. The number of anilines is 1. The quantitative estimate of drug-likeness (QED) is 0.358. The second kappa shape index (κ2) is 9.55. The second-order valence-corrected chi connectivity index (χ2v) is 7.06. The van der Waals surface area contributed by atoms with E-state index in [1.54, 1.807) is 18.3 Å². The Labute approximate surface area is 181 Å². The lowest BCUT2D eigenvalue weighted by Crippen LogP contribution is -2.12. The largest absolute Gasteiger partial charge is 0.457 e. The number of aliphatic imine (C=N–C) groups is 1. The minimum absolute atomic E-state index is 0.143. The summed E-state index contributed by atoms with van der Waals surface area (Å²) in [6, 6.07) is 32.3. The molecule has 4 aromatic rings. The molecule has 0 saturated carbocycles. The summed E-state index contributed by atoms with van der Waals surface area (Å²) in [5.41, 5.74) is 4.11. The predicted molar refractivity (Wildman–Crippen MR) is 126 cm³/mol. The molecule has 0 bridgehead atoms. The van der Waals surface area contributed by atoms with E-state index >= 15 is 0 Å². The van der Waals surface area contributed by atoms with Gasteiger partial charge in [-0.15, -0.1) is 0 Å². The normalized spacial score (nSPS) is 10.7. The fourth-order valence-corrected chi connectivity index (χ4v) is 3.04. The Morgan fingerprint density at radius 1 is 0.806 bits per heavy atom. The molecule has 0 radical (unpaired) electrons. The third-order valence-corrected chi connectivity index (χ3v) is 4.72. The highest BCUT2D eigenvalue weighted by Crippen LogP contribution is 2.22. The van der Waals surface area contributed by atoms with Crippen LogP contribution in [0.2, 0.25) is 0 Å². The van der Waals surface area contributed by atoms with Gasteiger partial charge in [-0.05, 0) is 72.6 Å². The lowest BCUT2D eigenvalue weighted by atomic mass is 10.1. The van der Waals surface area contributed by atoms with E-state index in [0.29, 0.717) is 5.56 Å². The lowest BCUT2D eigenvalue weighted by Gasteiger charge is -2.08. The lowest BCUT2D eigenvalue weighted by molar-refractivity contribution is 0.102. The Morgan fingerprint density at radius 2 is 1.52 bits per heavy atom. The fourth-order valence-electron chi connectivity index (χ4n) is 3.04. The van der Waals surface area contributed by atoms with E-state index in [1.165, 1.54) is 0 Å². The molecule has 0 unspecified atom stereocenters. The van der Waals surface area contributed by atoms with Gasteiger partial charge in [-0.25, -0.2) is 0 Å². The molecule has 0 spiro atoms. The zero-order valence-corrected chi connectivity index (χ0v) is 17.2. The molecule has 0 aromatic heterocycles. The molecule has 0 aliphatic rings. The van der Waals surface area contributed by atoms with Gasteiger partial charge in [0.2, 0.25) is 0 Å². The van der Waals surface area contributed by atoms with Crippen molar-refractivity contribution in [2.24, 2.45) is 4.99 Å². The van der Waals surface area contributed by atoms with E-state index in [0.717, 1.165) is 34.0 Å². The first-order chi connectivity index (χ1) is 15.2. The van der Waals surface area contributed by atoms with Crippen molar-refractivity contribution in [3.8, 4) is 11.5 Å². The molecule has 31 heavy (non-hydrogen) atoms. The molecule has 0 heterocycles. The first-order valence-corrected chi connectivity index (χ1v) is 10.0. The Bertz CT molecular complexity index is 1200. The number of ether oxygens (including phenoxy) is 1. The number of hydrogen-bond donors (Lipinski definition) is 1. The number of carbonyl (C=O) groups is 1. The summed E-state index contributed by atoms with van der Waals surface area (Å²) < 4.78 is 5.86. The average molecular weight is 406 g/mol. The average Bonchev–Trinajstić information content (AvgIpc) is 2.80. The number of nitrogens with one attached hydrogen (secondary N) is 1. The van der Waals surface area contributed by atoms with Gasteiger partial charge in [0.05, 0.1) is 5.69 Å². The highest BCUT2D eigenvalue weighted by atomic mass is 16.5. The molecule has 1 N–H and O–H groups in total. The molecule has 1 amide bonds. The third-order valence-electron chi connectivity index (χ3n) is 4.72. The summed E-state index contributed by atoms with van der Waals surface area (Å²) in [4.78, 5) is 17.0. The van der Waals surface area contributed by atoms with E-state index in [2.05, 4.69) is 10.3 Å². The van der Waals surface area contributed by atoms with E-state index in [1.807, 2.05) is 97.9 Å². The number of hydrogen-bond acceptors (Lipinski definition) is 3. The molecule has 0 saturated heterocycles. The molecule has 4 heteroatoms. The van der Waals surface area contributed by atoms with Crippen LogP contribution in [0.4, 0.5) is 11.4 Å². The maximum Gasteiger partial charge on any atom is 0.255 e. The van der Waals surface area contributed by atoms with E-state index in [9.17, 15) is 4.79 Å². The van der Waals surface area contributed by atoms with Gasteiger partial charge in [0.15, 0.2) is 0 Å². The number of carbonyl (C=O) groups excluding carboxylic acids is 1. The van der Waals surface area contributed by atoms with Crippen LogP contribution in [0, 0.1) is 6.92 Å². The van der Waals surface area contributed by atoms with E-state index in [-0.39, 0.29) is 5.91 Å².